The van der Waals surface area contributed by atoms with Gasteiger partial charge in [-0.1, -0.05) is 6.92 Å². The summed E-state index contributed by atoms with van der Waals surface area (Å²) >= 11 is 0. The molecule has 0 rings (SSSR count). The molecule has 2 nitrogen and oxygen atoms in total. The molecule has 1 unspecified atom stereocenters. The fourth-order valence-corrected chi connectivity index (χ4v) is 0.652. The number of ether oxygens (including phenoxy) is 1. The van der Waals surface area contributed by atoms with Crippen LogP contribution in [0.4, 0.5) is 8.78 Å². The maximum atomic E-state index is 11.7. The summed E-state index contributed by atoms with van der Waals surface area (Å²) in [5.41, 5.74) is 0. The average Bonchev–Trinajstić information content (AvgIpc) is 1.98. The Morgan fingerprint density at radius 1 is 1.55 bits per heavy atom. The zero-order chi connectivity index (χ0) is 8.85. The molecule has 0 saturated heterocycles. The van der Waals surface area contributed by atoms with E-state index in [-0.39, 0.29) is 0 Å². The third kappa shape index (κ3) is 4.03. The fourth-order valence-electron chi connectivity index (χ4n) is 0.652. The minimum atomic E-state index is -2.85. The minimum absolute atomic E-state index is 0.347. The van der Waals surface area contributed by atoms with Crippen molar-refractivity contribution in [1.82, 2.24) is 0 Å². The van der Waals surface area contributed by atoms with Crippen molar-refractivity contribution in [2.75, 3.05) is 13.7 Å². The summed E-state index contributed by atoms with van der Waals surface area (Å²) in [5, 5.41) is 0. The third-order valence-electron chi connectivity index (χ3n) is 1.46. The quantitative estimate of drug-likeness (QED) is 0.618. The van der Waals surface area contributed by atoms with Gasteiger partial charge in [0.25, 0.3) is 6.43 Å². The third-order valence-corrected chi connectivity index (χ3v) is 1.46. The number of Topliss-reactive ketones (excluding diaryl/α,β-unsaturated/α-hetero) is 1. The molecule has 0 N–H and O–H groups in total. The molecule has 0 heterocycles. The molecule has 0 radical (unpaired) electrons. The first-order chi connectivity index (χ1) is 5.09. The normalized spacial score (nSPS) is 13.5. The van der Waals surface area contributed by atoms with Gasteiger partial charge in [0.1, 0.15) is 0 Å². The number of hydrogen-bond donors (Lipinski definition) is 0. The number of methoxy groups -OCH3 is 1. The van der Waals surface area contributed by atoms with Crippen LogP contribution in [0.25, 0.3) is 0 Å². The lowest BCUT2D eigenvalue weighted by molar-refractivity contribution is -0.133. The lowest BCUT2D eigenvalue weighted by Gasteiger charge is -2.07. The van der Waals surface area contributed by atoms with E-state index < -0.39 is 18.1 Å². The van der Waals surface area contributed by atoms with Crippen LogP contribution in [0.2, 0.25) is 0 Å². The van der Waals surface area contributed by atoms with Crippen molar-refractivity contribution >= 4 is 5.78 Å². The average molecular weight is 166 g/mol. The first-order valence-corrected chi connectivity index (χ1v) is 3.40. The van der Waals surface area contributed by atoms with Crippen molar-refractivity contribution in [3.05, 3.63) is 0 Å². The van der Waals surface area contributed by atoms with Gasteiger partial charge in [-0.25, -0.2) is 8.78 Å². The number of hydrogen-bond acceptors (Lipinski definition) is 2. The maximum Gasteiger partial charge on any atom is 0.296 e. The monoisotopic (exact) mass is 166 g/mol. The molecular formula is C7H12F2O2. The summed E-state index contributed by atoms with van der Waals surface area (Å²) in [6, 6.07) is 0. The van der Waals surface area contributed by atoms with E-state index in [0.717, 1.165) is 0 Å². The predicted molar refractivity (Wildman–Crippen MR) is 36.7 cm³/mol. The minimum Gasteiger partial charge on any atom is -0.385 e. The van der Waals surface area contributed by atoms with Crippen molar-refractivity contribution in [2.24, 2.45) is 5.92 Å². The molecule has 0 aromatic heterocycles. The second-order valence-electron chi connectivity index (χ2n) is 2.39. The second kappa shape index (κ2) is 5.18. The zero-order valence-electron chi connectivity index (χ0n) is 6.64. The highest BCUT2D eigenvalue weighted by Gasteiger charge is 2.21. The standard InChI is InChI=1S/C7H12F2O2/c1-5(3-4-11-2)6(10)7(8)9/h5,7H,3-4H2,1-2H3. The predicted octanol–water partition coefficient (Wildman–Crippen LogP) is 1.49. The molecule has 0 aromatic carbocycles. The van der Waals surface area contributed by atoms with Gasteiger partial charge in [-0.3, -0.25) is 4.79 Å². The number of halogens is 2. The van der Waals surface area contributed by atoms with Gasteiger partial charge in [0.15, 0.2) is 0 Å². The van der Waals surface area contributed by atoms with Gasteiger partial charge in [0.05, 0.1) is 0 Å². The Hall–Kier alpha value is -0.510. The maximum absolute atomic E-state index is 11.7. The summed E-state index contributed by atoms with van der Waals surface area (Å²) in [4.78, 5) is 10.5. The summed E-state index contributed by atoms with van der Waals surface area (Å²) < 4.78 is 28.1. The highest BCUT2D eigenvalue weighted by molar-refractivity contribution is 5.83. The molecule has 11 heavy (non-hydrogen) atoms. The number of carbonyl (C=O) groups is 1. The molecule has 0 spiro atoms. The summed E-state index contributed by atoms with van der Waals surface area (Å²) in [5.74, 6) is -1.60. The van der Waals surface area contributed by atoms with Crippen LogP contribution in [-0.4, -0.2) is 25.9 Å². The van der Waals surface area contributed by atoms with Gasteiger partial charge in [-0.15, -0.1) is 0 Å². The molecular weight excluding hydrogens is 154 g/mol. The Morgan fingerprint density at radius 2 is 2.09 bits per heavy atom. The molecule has 0 saturated carbocycles. The van der Waals surface area contributed by atoms with Gasteiger partial charge in [-0.2, -0.15) is 0 Å². The Kier molecular flexibility index (Phi) is 4.94. The molecule has 1 atom stereocenters. The zero-order valence-corrected chi connectivity index (χ0v) is 6.64. The first-order valence-electron chi connectivity index (χ1n) is 3.40. The number of ketones is 1. The van der Waals surface area contributed by atoms with Crippen LogP contribution in [0.5, 0.6) is 0 Å². The molecule has 0 aliphatic rings. The van der Waals surface area contributed by atoms with E-state index in [1.54, 1.807) is 0 Å². The van der Waals surface area contributed by atoms with E-state index in [4.69, 9.17) is 0 Å². The van der Waals surface area contributed by atoms with Crippen molar-refractivity contribution in [3.63, 3.8) is 0 Å². The molecule has 0 aromatic rings. The lowest BCUT2D eigenvalue weighted by atomic mass is 10.0. The Bertz CT molecular complexity index is 126. The first kappa shape index (κ1) is 10.5. The van der Waals surface area contributed by atoms with Gasteiger partial charge in [-0.05, 0) is 6.42 Å². The van der Waals surface area contributed by atoms with Gasteiger partial charge in [0, 0.05) is 19.6 Å². The van der Waals surface area contributed by atoms with Crippen molar-refractivity contribution in [1.29, 1.82) is 0 Å². The van der Waals surface area contributed by atoms with Gasteiger partial charge >= 0.3 is 0 Å². The van der Waals surface area contributed by atoms with Crippen LogP contribution < -0.4 is 0 Å². The molecule has 0 aliphatic carbocycles. The van der Waals surface area contributed by atoms with Crippen LogP contribution >= 0.6 is 0 Å². The summed E-state index contributed by atoms with van der Waals surface area (Å²) in [7, 11) is 1.47. The van der Waals surface area contributed by atoms with E-state index in [1.807, 2.05) is 0 Å². The molecule has 4 heteroatoms. The van der Waals surface area contributed by atoms with E-state index in [1.165, 1.54) is 14.0 Å². The SMILES string of the molecule is COCCC(C)C(=O)C(F)F. The van der Waals surface area contributed by atoms with Crippen molar-refractivity contribution < 1.29 is 18.3 Å². The van der Waals surface area contributed by atoms with Crippen LogP contribution in [0.15, 0.2) is 0 Å². The molecule has 66 valence electrons. The smallest absolute Gasteiger partial charge is 0.296 e. The lowest BCUT2D eigenvalue weighted by Crippen LogP contribution is -2.20. The van der Waals surface area contributed by atoms with Crippen LogP contribution in [0, 0.1) is 5.92 Å². The van der Waals surface area contributed by atoms with Gasteiger partial charge in [0.2, 0.25) is 5.78 Å². The molecule has 0 fully saturated rings. The Balaban J connectivity index is 3.64. The summed E-state index contributed by atoms with van der Waals surface area (Å²) in [6.07, 6.45) is -2.48. The van der Waals surface area contributed by atoms with E-state index in [9.17, 15) is 13.6 Å². The largest absolute Gasteiger partial charge is 0.385 e. The van der Waals surface area contributed by atoms with E-state index >= 15 is 0 Å². The highest BCUT2D eigenvalue weighted by Crippen LogP contribution is 2.09. The molecule has 0 aliphatic heterocycles. The topological polar surface area (TPSA) is 26.3 Å². The van der Waals surface area contributed by atoms with Crippen LogP contribution in [0.3, 0.4) is 0 Å². The fraction of sp³-hybridized carbons (Fsp3) is 0.857. The summed E-state index contributed by atoms with van der Waals surface area (Å²) in [6.45, 7) is 1.83. The number of alkyl halides is 2. The molecule has 0 amide bonds. The van der Waals surface area contributed by atoms with Crippen molar-refractivity contribution in [3.8, 4) is 0 Å². The Morgan fingerprint density at radius 3 is 2.45 bits per heavy atom. The number of rotatable bonds is 5. The molecule has 0 bridgehead atoms. The van der Waals surface area contributed by atoms with Crippen molar-refractivity contribution in [2.45, 2.75) is 19.8 Å². The Labute approximate surface area is 64.5 Å². The van der Waals surface area contributed by atoms with Gasteiger partial charge < -0.3 is 4.74 Å². The van der Waals surface area contributed by atoms with E-state index in [2.05, 4.69) is 4.74 Å². The van der Waals surface area contributed by atoms with Crippen LogP contribution in [-0.2, 0) is 9.53 Å². The highest BCUT2D eigenvalue weighted by atomic mass is 19.3. The van der Waals surface area contributed by atoms with Crippen LogP contribution in [0.1, 0.15) is 13.3 Å². The number of carbonyl (C=O) groups excluding carboxylic acids is 1. The van der Waals surface area contributed by atoms with E-state index in [0.29, 0.717) is 13.0 Å². The second-order valence-corrected chi connectivity index (χ2v) is 2.39.